The van der Waals surface area contributed by atoms with Crippen LogP contribution in [0.1, 0.15) is 17.7 Å². The lowest BCUT2D eigenvalue weighted by atomic mass is 9.90. The summed E-state index contributed by atoms with van der Waals surface area (Å²) in [4.78, 5) is 15.4. The third kappa shape index (κ3) is 3.51. The summed E-state index contributed by atoms with van der Waals surface area (Å²) in [5.74, 6) is -0.310. The number of H-pyrrole nitrogens is 1. The minimum absolute atomic E-state index is 0.0116. The first kappa shape index (κ1) is 16.8. The first-order chi connectivity index (χ1) is 12.6. The van der Waals surface area contributed by atoms with Crippen LogP contribution in [0.3, 0.4) is 0 Å². The van der Waals surface area contributed by atoms with Crippen LogP contribution in [0.15, 0.2) is 70.1 Å². The van der Waals surface area contributed by atoms with Gasteiger partial charge in [0.15, 0.2) is 0 Å². The van der Waals surface area contributed by atoms with Crippen molar-refractivity contribution in [2.24, 2.45) is 5.92 Å². The molecule has 1 aromatic carbocycles. The van der Waals surface area contributed by atoms with Gasteiger partial charge in [-0.2, -0.15) is 0 Å². The molecule has 6 heteroatoms. The smallest absolute Gasteiger partial charge is 0.252 e. The van der Waals surface area contributed by atoms with Crippen LogP contribution < -0.4 is 10.6 Å². The number of nitrogens with one attached hydrogen (secondary N) is 3. The molecule has 1 unspecified atom stereocenters. The Bertz CT molecular complexity index is 924. The van der Waals surface area contributed by atoms with Crippen molar-refractivity contribution in [2.75, 3.05) is 0 Å². The molecule has 132 valence electrons. The summed E-state index contributed by atoms with van der Waals surface area (Å²) in [6.45, 7) is 0.523. The number of fused-ring (bicyclic) bond motifs is 1. The molecule has 1 aliphatic carbocycles. The third-order valence-electron chi connectivity index (χ3n) is 4.53. The third-order valence-corrected chi connectivity index (χ3v) is 4.99. The maximum Gasteiger partial charge on any atom is 0.252 e. The van der Waals surface area contributed by atoms with Gasteiger partial charge in [-0.3, -0.25) is 4.79 Å². The van der Waals surface area contributed by atoms with E-state index in [0.29, 0.717) is 13.0 Å². The lowest BCUT2D eigenvalue weighted by Gasteiger charge is -2.20. The monoisotopic (exact) mass is 413 g/mol. The maximum absolute atomic E-state index is 13.5. The lowest BCUT2D eigenvalue weighted by molar-refractivity contribution is -0.115. The Hall–Kier alpha value is -2.60. The van der Waals surface area contributed by atoms with E-state index in [1.54, 1.807) is 0 Å². The second-order valence-corrected chi connectivity index (χ2v) is 7.30. The predicted molar refractivity (Wildman–Crippen MR) is 102 cm³/mol. The van der Waals surface area contributed by atoms with Crippen LogP contribution in [0.4, 0.5) is 4.39 Å². The number of carbonyl (C=O) groups excluding carboxylic acids is 1. The van der Waals surface area contributed by atoms with Crippen molar-refractivity contribution in [2.45, 2.75) is 13.0 Å². The van der Waals surface area contributed by atoms with Crippen LogP contribution in [-0.2, 0) is 11.3 Å². The molecule has 0 spiro atoms. The lowest BCUT2D eigenvalue weighted by Crippen LogP contribution is -2.19. The summed E-state index contributed by atoms with van der Waals surface area (Å²) in [6.07, 6.45) is 8.34. The molecular weight excluding hydrogens is 397 g/mol. The van der Waals surface area contributed by atoms with Crippen LogP contribution >= 0.6 is 15.9 Å². The van der Waals surface area contributed by atoms with Crippen LogP contribution in [0.2, 0.25) is 0 Å². The van der Waals surface area contributed by atoms with E-state index >= 15 is 0 Å². The molecule has 4 nitrogen and oxygen atoms in total. The number of aromatic amines is 1. The Morgan fingerprint density at radius 2 is 2.19 bits per heavy atom. The van der Waals surface area contributed by atoms with E-state index in [9.17, 15) is 9.18 Å². The quantitative estimate of drug-likeness (QED) is 0.663. The number of allylic oxidation sites excluding steroid dienone is 4. The van der Waals surface area contributed by atoms with Crippen molar-refractivity contribution in [3.8, 4) is 0 Å². The SMILES string of the molecule is O=C1NC2=CC=C(NCc3cc(F)cc(Br)c3)CC2/C1=C/c1ccc[nH]1. The van der Waals surface area contributed by atoms with E-state index in [0.717, 1.165) is 32.7 Å². The molecule has 0 bridgehead atoms. The standard InChI is InChI=1S/C20H17BrFN3O/c21-13-6-12(7-14(22)8-13)11-24-16-3-4-19-17(9-16)18(20(26)25-19)10-15-2-1-5-23-15/h1-8,10,17,23-24H,9,11H2,(H,25,26)/b18-10-. The average molecular weight is 414 g/mol. The van der Waals surface area contributed by atoms with Gasteiger partial charge in [0.25, 0.3) is 5.91 Å². The van der Waals surface area contributed by atoms with Crippen molar-refractivity contribution in [3.05, 3.63) is 87.2 Å². The fraction of sp³-hybridized carbons (Fsp3) is 0.150. The highest BCUT2D eigenvalue weighted by atomic mass is 79.9. The van der Waals surface area contributed by atoms with Crippen molar-refractivity contribution < 1.29 is 9.18 Å². The highest BCUT2D eigenvalue weighted by molar-refractivity contribution is 9.10. The Morgan fingerprint density at radius 1 is 1.31 bits per heavy atom. The minimum Gasteiger partial charge on any atom is -0.384 e. The predicted octanol–water partition coefficient (Wildman–Crippen LogP) is 4.01. The molecule has 2 aliphatic rings. The molecule has 1 atom stereocenters. The zero-order valence-electron chi connectivity index (χ0n) is 13.9. The van der Waals surface area contributed by atoms with E-state index in [-0.39, 0.29) is 17.6 Å². The first-order valence-electron chi connectivity index (χ1n) is 8.34. The second-order valence-electron chi connectivity index (χ2n) is 6.38. The van der Waals surface area contributed by atoms with Crippen molar-refractivity contribution in [3.63, 3.8) is 0 Å². The van der Waals surface area contributed by atoms with E-state index < -0.39 is 0 Å². The van der Waals surface area contributed by atoms with Gasteiger partial charge in [-0.15, -0.1) is 0 Å². The fourth-order valence-corrected chi connectivity index (χ4v) is 3.81. The van der Waals surface area contributed by atoms with E-state index in [1.165, 1.54) is 12.1 Å². The Balaban J connectivity index is 1.49. The summed E-state index contributed by atoms with van der Waals surface area (Å²) in [6, 6.07) is 8.67. The van der Waals surface area contributed by atoms with Gasteiger partial charge >= 0.3 is 0 Å². The van der Waals surface area contributed by atoms with Gasteiger partial charge in [-0.25, -0.2) is 4.39 Å². The number of carbonyl (C=O) groups is 1. The largest absolute Gasteiger partial charge is 0.384 e. The van der Waals surface area contributed by atoms with Gasteiger partial charge < -0.3 is 15.6 Å². The van der Waals surface area contributed by atoms with Crippen molar-refractivity contribution >= 4 is 27.9 Å². The number of halogens is 2. The highest BCUT2D eigenvalue weighted by Gasteiger charge is 2.34. The van der Waals surface area contributed by atoms with E-state index in [4.69, 9.17) is 0 Å². The number of hydrogen-bond acceptors (Lipinski definition) is 2. The summed E-state index contributed by atoms with van der Waals surface area (Å²) < 4.78 is 14.2. The van der Waals surface area contributed by atoms with Crippen molar-refractivity contribution in [1.82, 2.24) is 15.6 Å². The molecule has 1 amide bonds. The topological polar surface area (TPSA) is 56.9 Å². The molecular formula is C20H17BrFN3O. The number of benzene rings is 1. The molecule has 0 radical (unpaired) electrons. The summed E-state index contributed by atoms with van der Waals surface area (Å²) in [5.41, 5.74) is 4.46. The molecule has 1 aliphatic heterocycles. The number of amides is 1. The Morgan fingerprint density at radius 3 is 2.96 bits per heavy atom. The van der Waals surface area contributed by atoms with Gasteiger partial charge in [0, 0.05) is 45.8 Å². The van der Waals surface area contributed by atoms with Crippen LogP contribution in [0.5, 0.6) is 0 Å². The van der Waals surface area contributed by atoms with E-state index in [1.807, 2.05) is 42.6 Å². The van der Waals surface area contributed by atoms with Crippen LogP contribution in [0.25, 0.3) is 6.08 Å². The molecule has 1 saturated heterocycles. The van der Waals surface area contributed by atoms with Gasteiger partial charge in [0.05, 0.1) is 0 Å². The molecule has 3 N–H and O–H groups in total. The zero-order valence-corrected chi connectivity index (χ0v) is 15.4. The Labute approximate surface area is 159 Å². The molecule has 0 saturated carbocycles. The zero-order chi connectivity index (χ0) is 18.1. The van der Waals surface area contributed by atoms with Gasteiger partial charge in [-0.1, -0.05) is 15.9 Å². The minimum atomic E-state index is -0.266. The van der Waals surface area contributed by atoms with Crippen LogP contribution in [-0.4, -0.2) is 10.9 Å². The Kier molecular flexibility index (Phi) is 4.51. The van der Waals surface area contributed by atoms with Gasteiger partial charge in [0.2, 0.25) is 0 Å². The first-order valence-corrected chi connectivity index (χ1v) is 9.14. The average Bonchev–Trinajstić information content (AvgIpc) is 3.21. The molecule has 26 heavy (non-hydrogen) atoms. The van der Waals surface area contributed by atoms with E-state index in [2.05, 4.69) is 31.5 Å². The van der Waals surface area contributed by atoms with Gasteiger partial charge in [0.1, 0.15) is 5.82 Å². The molecule has 2 aromatic rings. The summed E-state index contributed by atoms with van der Waals surface area (Å²) in [7, 11) is 0. The maximum atomic E-state index is 13.5. The molecule has 1 aromatic heterocycles. The molecule has 1 fully saturated rings. The van der Waals surface area contributed by atoms with Crippen molar-refractivity contribution in [1.29, 1.82) is 0 Å². The van der Waals surface area contributed by atoms with Crippen LogP contribution in [0, 0.1) is 11.7 Å². The number of aromatic nitrogens is 1. The number of hydrogen-bond donors (Lipinski definition) is 3. The fourth-order valence-electron chi connectivity index (χ4n) is 3.30. The van der Waals surface area contributed by atoms with Gasteiger partial charge in [-0.05, 0) is 60.5 Å². The highest BCUT2D eigenvalue weighted by Crippen LogP contribution is 2.35. The molecule has 4 rings (SSSR count). The number of rotatable bonds is 4. The summed E-state index contributed by atoms with van der Waals surface area (Å²) >= 11 is 3.31. The second kappa shape index (κ2) is 6.96. The normalized spacial score (nSPS) is 20.5. The summed E-state index contributed by atoms with van der Waals surface area (Å²) in [5, 5.41) is 6.29. The molecule has 2 heterocycles.